The van der Waals surface area contributed by atoms with Crippen LogP contribution in [0, 0.1) is 11.8 Å². The van der Waals surface area contributed by atoms with E-state index in [0.29, 0.717) is 18.4 Å². The Morgan fingerprint density at radius 3 is 2.27 bits per heavy atom. The number of hydrogen-bond donors (Lipinski definition) is 2. The van der Waals surface area contributed by atoms with Crippen molar-refractivity contribution in [3.63, 3.8) is 0 Å². The maximum absolute atomic E-state index is 11.5. The van der Waals surface area contributed by atoms with Crippen LogP contribution >= 0.6 is 23.5 Å². The highest BCUT2D eigenvalue weighted by Crippen LogP contribution is 2.48. The smallest absolute Gasteiger partial charge is 0.243 e. The molecule has 1 fully saturated rings. The van der Waals surface area contributed by atoms with Gasteiger partial charge in [-0.15, -0.1) is 23.5 Å². The number of carbonyl (C=O) groups is 1. The molecule has 0 aromatic carbocycles. The van der Waals surface area contributed by atoms with Crippen molar-refractivity contribution >= 4 is 29.4 Å². The topological polar surface area (TPSA) is 69.1 Å². The van der Waals surface area contributed by atoms with Crippen molar-refractivity contribution in [1.29, 1.82) is 0 Å². The molecule has 0 aromatic heterocycles. The predicted molar refractivity (Wildman–Crippen MR) is 68.8 cm³/mol. The van der Waals surface area contributed by atoms with Crippen LogP contribution in [0.25, 0.3) is 0 Å². The Bertz CT molecular complexity index is 227. The van der Waals surface area contributed by atoms with Gasteiger partial charge in [0.2, 0.25) is 5.91 Å². The maximum atomic E-state index is 11.5. The van der Waals surface area contributed by atoms with Crippen LogP contribution in [0.15, 0.2) is 0 Å². The third-order valence-electron chi connectivity index (χ3n) is 2.91. The van der Waals surface area contributed by atoms with E-state index >= 15 is 0 Å². The molecule has 5 heteroatoms. The maximum Gasteiger partial charge on any atom is 0.243 e. The van der Waals surface area contributed by atoms with Crippen LogP contribution in [0.4, 0.5) is 0 Å². The van der Waals surface area contributed by atoms with Gasteiger partial charge in [0, 0.05) is 11.5 Å². The van der Waals surface area contributed by atoms with Crippen molar-refractivity contribution in [3.8, 4) is 0 Å². The summed E-state index contributed by atoms with van der Waals surface area (Å²) in [6.45, 7) is 4.93. The van der Waals surface area contributed by atoms with Gasteiger partial charge < -0.3 is 11.5 Å². The van der Waals surface area contributed by atoms with Crippen molar-refractivity contribution in [2.45, 2.75) is 24.3 Å². The minimum absolute atomic E-state index is 0.186. The first kappa shape index (κ1) is 13.2. The summed E-state index contributed by atoms with van der Waals surface area (Å²) in [5.41, 5.74) is 11.3. The fourth-order valence-corrected chi connectivity index (χ4v) is 4.86. The van der Waals surface area contributed by atoms with E-state index in [0.717, 1.165) is 17.9 Å². The quantitative estimate of drug-likeness (QED) is 0.769. The second kappa shape index (κ2) is 5.46. The average Bonchev–Trinajstić information content (AvgIpc) is 2.63. The summed E-state index contributed by atoms with van der Waals surface area (Å²) in [5.74, 6) is 2.74. The molecule has 0 bridgehead atoms. The molecule has 1 aliphatic heterocycles. The molecule has 1 amide bonds. The first-order chi connectivity index (χ1) is 7.02. The van der Waals surface area contributed by atoms with Gasteiger partial charge in [0.25, 0.3) is 0 Å². The Balaban J connectivity index is 2.70. The number of rotatable bonds is 5. The normalized spacial score (nSPS) is 21.9. The zero-order valence-electron chi connectivity index (χ0n) is 9.36. The Hall–Kier alpha value is 0.130. The Labute approximate surface area is 100 Å². The second-order valence-electron chi connectivity index (χ2n) is 4.26. The van der Waals surface area contributed by atoms with Crippen LogP contribution in [-0.2, 0) is 4.79 Å². The monoisotopic (exact) mass is 248 g/mol. The molecule has 4 N–H and O–H groups in total. The number of thioether (sulfide) groups is 2. The lowest BCUT2D eigenvalue weighted by molar-refractivity contribution is -0.118. The van der Waals surface area contributed by atoms with Crippen LogP contribution in [0.3, 0.4) is 0 Å². The van der Waals surface area contributed by atoms with Crippen molar-refractivity contribution in [2.24, 2.45) is 23.3 Å². The largest absolute Gasteiger partial charge is 0.368 e. The van der Waals surface area contributed by atoms with E-state index in [9.17, 15) is 4.79 Å². The first-order valence-electron chi connectivity index (χ1n) is 5.29. The molecular formula is C10H20N2OS2. The number of hydrogen-bond acceptors (Lipinski definition) is 4. The van der Waals surface area contributed by atoms with Gasteiger partial charge in [0.1, 0.15) is 4.08 Å². The summed E-state index contributed by atoms with van der Waals surface area (Å²) in [6, 6.07) is 0. The Morgan fingerprint density at radius 2 is 1.93 bits per heavy atom. The molecule has 1 rings (SSSR count). The van der Waals surface area contributed by atoms with E-state index < -0.39 is 4.08 Å². The van der Waals surface area contributed by atoms with Crippen LogP contribution in [-0.4, -0.2) is 28.0 Å². The lowest BCUT2D eigenvalue weighted by Gasteiger charge is -2.29. The van der Waals surface area contributed by atoms with Gasteiger partial charge in [-0.05, 0) is 24.8 Å². The van der Waals surface area contributed by atoms with Gasteiger partial charge in [-0.25, -0.2) is 0 Å². The van der Waals surface area contributed by atoms with E-state index in [1.54, 1.807) is 23.5 Å². The standard InChI is InChI=1S/C10H20N2OS2/c1-7(2)8(6-11)5-10(9(12)13)14-3-4-15-10/h7-8H,3-6,11H2,1-2H3,(H2,12,13). The van der Waals surface area contributed by atoms with Crippen LogP contribution < -0.4 is 11.5 Å². The van der Waals surface area contributed by atoms with E-state index in [4.69, 9.17) is 11.5 Å². The number of primary amides is 1. The second-order valence-corrected chi connectivity index (χ2v) is 7.30. The minimum Gasteiger partial charge on any atom is -0.368 e. The SMILES string of the molecule is CC(C)C(CN)CC1(C(N)=O)SCCS1. The molecule has 3 nitrogen and oxygen atoms in total. The third kappa shape index (κ3) is 3.04. The highest BCUT2D eigenvalue weighted by atomic mass is 32.2. The average molecular weight is 248 g/mol. The molecule has 1 aliphatic rings. The predicted octanol–water partition coefficient (Wildman–Crippen LogP) is 1.27. The molecule has 1 unspecified atom stereocenters. The molecule has 88 valence electrons. The molecule has 0 spiro atoms. The Kier molecular flexibility index (Phi) is 4.80. The molecular weight excluding hydrogens is 228 g/mol. The van der Waals surface area contributed by atoms with Crippen molar-refractivity contribution < 1.29 is 4.79 Å². The molecule has 0 radical (unpaired) electrons. The number of carbonyl (C=O) groups excluding carboxylic acids is 1. The zero-order chi connectivity index (χ0) is 11.5. The van der Waals surface area contributed by atoms with Gasteiger partial charge in [0.05, 0.1) is 0 Å². The molecule has 1 saturated heterocycles. The third-order valence-corrected chi connectivity index (χ3v) is 6.36. The zero-order valence-corrected chi connectivity index (χ0v) is 11.0. The van der Waals surface area contributed by atoms with Gasteiger partial charge in [0.15, 0.2) is 0 Å². The summed E-state index contributed by atoms with van der Waals surface area (Å²) in [6.07, 6.45) is 0.811. The first-order valence-corrected chi connectivity index (χ1v) is 7.27. The van der Waals surface area contributed by atoms with Gasteiger partial charge in [-0.1, -0.05) is 13.8 Å². The molecule has 1 atom stereocenters. The lowest BCUT2D eigenvalue weighted by Crippen LogP contribution is -2.40. The minimum atomic E-state index is -0.408. The van der Waals surface area contributed by atoms with Crippen molar-refractivity contribution in [2.75, 3.05) is 18.1 Å². The van der Waals surface area contributed by atoms with E-state index in [1.807, 2.05) is 0 Å². The summed E-state index contributed by atoms with van der Waals surface area (Å²) in [4.78, 5) is 11.5. The summed E-state index contributed by atoms with van der Waals surface area (Å²) < 4.78 is -0.408. The van der Waals surface area contributed by atoms with Crippen LogP contribution in [0.1, 0.15) is 20.3 Å². The molecule has 0 saturated carbocycles. The van der Waals surface area contributed by atoms with Crippen molar-refractivity contribution in [1.82, 2.24) is 0 Å². The van der Waals surface area contributed by atoms with Gasteiger partial charge in [-0.2, -0.15) is 0 Å². The van der Waals surface area contributed by atoms with E-state index in [-0.39, 0.29) is 5.91 Å². The van der Waals surface area contributed by atoms with E-state index in [2.05, 4.69) is 13.8 Å². The molecule has 15 heavy (non-hydrogen) atoms. The van der Waals surface area contributed by atoms with Crippen LogP contribution in [0.2, 0.25) is 0 Å². The van der Waals surface area contributed by atoms with Gasteiger partial charge in [-0.3, -0.25) is 4.79 Å². The number of nitrogens with two attached hydrogens (primary N) is 2. The Morgan fingerprint density at radius 1 is 1.40 bits per heavy atom. The number of amides is 1. The van der Waals surface area contributed by atoms with Crippen LogP contribution in [0.5, 0.6) is 0 Å². The molecule has 1 heterocycles. The highest BCUT2D eigenvalue weighted by Gasteiger charge is 2.43. The summed E-state index contributed by atoms with van der Waals surface area (Å²) in [5, 5.41) is 0. The fourth-order valence-electron chi connectivity index (χ4n) is 1.75. The molecule has 0 aliphatic carbocycles. The van der Waals surface area contributed by atoms with E-state index in [1.165, 1.54) is 0 Å². The summed E-state index contributed by atoms with van der Waals surface area (Å²) in [7, 11) is 0. The lowest BCUT2D eigenvalue weighted by atomic mass is 9.91. The highest BCUT2D eigenvalue weighted by molar-refractivity contribution is 8.22. The van der Waals surface area contributed by atoms with Crippen molar-refractivity contribution in [3.05, 3.63) is 0 Å². The van der Waals surface area contributed by atoms with Gasteiger partial charge >= 0.3 is 0 Å². The summed E-state index contributed by atoms with van der Waals surface area (Å²) >= 11 is 3.38. The molecule has 0 aromatic rings. The fraction of sp³-hybridized carbons (Fsp3) is 0.900.